The molecule has 1 N–H and O–H groups in total. The topological polar surface area (TPSA) is 46.2 Å². The zero-order chi connectivity index (χ0) is 15.4. The van der Waals surface area contributed by atoms with Crippen LogP contribution in [0.15, 0.2) is 42.5 Å². The highest BCUT2D eigenvalue weighted by Gasteiger charge is 2.14. The van der Waals surface area contributed by atoms with Gasteiger partial charge >= 0.3 is 0 Å². The van der Waals surface area contributed by atoms with Gasteiger partial charge in [0.1, 0.15) is 11.6 Å². The Balaban J connectivity index is 2.00. The van der Waals surface area contributed by atoms with Crippen molar-refractivity contribution in [3.05, 3.63) is 70.2 Å². The summed E-state index contributed by atoms with van der Waals surface area (Å²) in [4.78, 5) is 23.5. The Labute approximate surface area is 124 Å². The number of hydrogen-bond donors (Lipinski definition) is 1. The molecular weight excluding hydrogens is 300 g/mol. The highest BCUT2D eigenvalue weighted by Crippen LogP contribution is 2.11. The van der Waals surface area contributed by atoms with Crippen LogP contribution < -0.4 is 5.32 Å². The number of hydrogen-bond acceptors (Lipinski definition) is 2. The van der Waals surface area contributed by atoms with Gasteiger partial charge < -0.3 is 5.32 Å². The molecular formula is C15H10ClF2NO2. The van der Waals surface area contributed by atoms with Crippen molar-refractivity contribution in [2.24, 2.45) is 0 Å². The second-order valence-corrected chi connectivity index (χ2v) is 4.67. The van der Waals surface area contributed by atoms with Crippen LogP contribution in [0.4, 0.5) is 8.78 Å². The van der Waals surface area contributed by atoms with Gasteiger partial charge in [0.15, 0.2) is 5.78 Å². The van der Waals surface area contributed by atoms with Gasteiger partial charge in [-0.2, -0.15) is 0 Å². The van der Waals surface area contributed by atoms with Crippen molar-refractivity contribution in [1.82, 2.24) is 5.32 Å². The normalized spacial score (nSPS) is 10.2. The number of amides is 1. The first-order valence-corrected chi connectivity index (χ1v) is 6.37. The van der Waals surface area contributed by atoms with E-state index in [9.17, 15) is 18.4 Å². The molecule has 0 saturated carbocycles. The summed E-state index contributed by atoms with van der Waals surface area (Å²) >= 11 is 5.70. The minimum atomic E-state index is -0.980. The zero-order valence-electron chi connectivity index (χ0n) is 10.7. The van der Waals surface area contributed by atoms with E-state index in [4.69, 9.17) is 11.6 Å². The molecule has 1 amide bonds. The van der Waals surface area contributed by atoms with Gasteiger partial charge in [-0.1, -0.05) is 11.6 Å². The standard InChI is InChI=1S/C15H10ClF2NO2/c16-10-3-1-9(2-4-10)14(20)8-19-15(21)12-6-5-11(17)7-13(12)18/h1-7H,8H2,(H,19,21). The molecule has 3 nitrogen and oxygen atoms in total. The van der Waals surface area contributed by atoms with Crippen molar-refractivity contribution < 1.29 is 18.4 Å². The van der Waals surface area contributed by atoms with Crippen LogP contribution in [0.2, 0.25) is 5.02 Å². The fourth-order valence-corrected chi connectivity index (χ4v) is 1.79. The molecule has 6 heteroatoms. The lowest BCUT2D eigenvalue weighted by atomic mass is 10.1. The number of halogens is 3. The van der Waals surface area contributed by atoms with Crippen LogP contribution in [0.25, 0.3) is 0 Å². The fraction of sp³-hybridized carbons (Fsp3) is 0.0667. The Hall–Kier alpha value is -2.27. The summed E-state index contributed by atoms with van der Waals surface area (Å²) in [5.74, 6) is -2.88. The second-order valence-electron chi connectivity index (χ2n) is 4.24. The van der Waals surface area contributed by atoms with Crippen molar-refractivity contribution >= 4 is 23.3 Å². The van der Waals surface area contributed by atoms with Crippen molar-refractivity contribution in [2.75, 3.05) is 6.54 Å². The maximum Gasteiger partial charge on any atom is 0.254 e. The molecule has 21 heavy (non-hydrogen) atoms. The predicted octanol–water partition coefficient (Wildman–Crippen LogP) is 3.23. The SMILES string of the molecule is O=C(CNC(=O)c1ccc(F)cc1F)c1ccc(Cl)cc1. The van der Waals surface area contributed by atoms with E-state index in [2.05, 4.69) is 5.32 Å². The van der Waals surface area contributed by atoms with E-state index in [1.807, 2.05) is 0 Å². The van der Waals surface area contributed by atoms with Crippen molar-refractivity contribution in [3.8, 4) is 0 Å². The molecule has 0 bridgehead atoms. The van der Waals surface area contributed by atoms with Crippen molar-refractivity contribution in [3.63, 3.8) is 0 Å². The van der Waals surface area contributed by atoms with Gasteiger partial charge in [0.05, 0.1) is 12.1 Å². The Morgan fingerprint density at radius 3 is 2.33 bits per heavy atom. The number of rotatable bonds is 4. The summed E-state index contributed by atoms with van der Waals surface area (Å²) in [6, 6.07) is 8.75. The maximum atomic E-state index is 13.4. The van der Waals surface area contributed by atoms with E-state index in [1.165, 1.54) is 12.1 Å². The summed E-state index contributed by atoms with van der Waals surface area (Å²) in [6.07, 6.45) is 0. The third-order valence-electron chi connectivity index (χ3n) is 2.75. The first kappa shape index (κ1) is 15.1. The smallest absolute Gasteiger partial charge is 0.254 e. The van der Waals surface area contributed by atoms with E-state index >= 15 is 0 Å². The monoisotopic (exact) mass is 309 g/mol. The van der Waals surface area contributed by atoms with Crippen LogP contribution >= 0.6 is 11.6 Å². The Kier molecular flexibility index (Phi) is 4.65. The predicted molar refractivity (Wildman–Crippen MR) is 74.5 cm³/mol. The molecule has 2 aromatic rings. The average molecular weight is 310 g/mol. The number of carbonyl (C=O) groups excluding carboxylic acids is 2. The molecule has 108 valence electrons. The summed E-state index contributed by atoms with van der Waals surface area (Å²) in [7, 11) is 0. The van der Waals surface area contributed by atoms with Gasteiger partial charge in [-0.05, 0) is 36.4 Å². The first-order chi connectivity index (χ1) is 9.97. The van der Waals surface area contributed by atoms with Gasteiger partial charge in [-0.3, -0.25) is 9.59 Å². The van der Waals surface area contributed by atoms with Gasteiger partial charge in [0.25, 0.3) is 5.91 Å². The van der Waals surface area contributed by atoms with Crippen LogP contribution in [-0.2, 0) is 0 Å². The summed E-state index contributed by atoms with van der Waals surface area (Å²) < 4.78 is 26.1. The minimum absolute atomic E-state index is 0.294. The molecule has 0 spiro atoms. The first-order valence-electron chi connectivity index (χ1n) is 5.99. The number of ketones is 1. The molecule has 0 unspecified atom stereocenters. The molecule has 0 heterocycles. The molecule has 0 atom stereocenters. The third-order valence-corrected chi connectivity index (χ3v) is 3.00. The summed E-state index contributed by atoms with van der Waals surface area (Å²) in [6.45, 7) is -0.294. The fourth-order valence-electron chi connectivity index (χ4n) is 1.67. The number of nitrogens with one attached hydrogen (secondary N) is 1. The average Bonchev–Trinajstić information content (AvgIpc) is 2.45. The second kappa shape index (κ2) is 6.45. The quantitative estimate of drug-likeness (QED) is 0.881. The largest absolute Gasteiger partial charge is 0.344 e. The Bertz CT molecular complexity index is 687. The van der Waals surface area contributed by atoms with Gasteiger partial charge in [0, 0.05) is 16.7 Å². The van der Waals surface area contributed by atoms with Gasteiger partial charge in [-0.25, -0.2) is 8.78 Å². The lowest BCUT2D eigenvalue weighted by molar-refractivity contribution is 0.0901. The molecule has 0 aliphatic carbocycles. The summed E-state index contributed by atoms with van der Waals surface area (Å²) in [5, 5.41) is 2.78. The van der Waals surface area contributed by atoms with E-state index in [-0.39, 0.29) is 17.9 Å². The van der Waals surface area contributed by atoms with Gasteiger partial charge in [0.2, 0.25) is 0 Å². The summed E-state index contributed by atoms with van der Waals surface area (Å²) in [5.41, 5.74) is 0.0552. The van der Waals surface area contributed by atoms with Gasteiger partial charge in [-0.15, -0.1) is 0 Å². The maximum absolute atomic E-state index is 13.4. The molecule has 0 aliphatic heterocycles. The van der Waals surface area contributed by atoms with Crippen LogP contribution in [0.5, 0.6) is 0 Å². The van der Waals surface area contributed by atoms with Crippen LogP contribution in [0.1, 0.15) is 20.7 Å². The minimum Gasteiger partial charge on any atom is -0.344 e. The van der Waals surface area contributed by atoms with E-state index in [0.717, 1.165) is 12.1 Å². The molecule has 2 rings (SSSR count). The van der Waals surface area contributed by atoms with Crippen LogP contribution in [0.3, 0.4) is 0 Å². The van der Waals surface area contributed by atoms with Crippen molar-refractivity contribution in [2.45, 2.75) is 0 Å². The molecule has 2 aromatic carbocycles. The van der Waals surface area contributed by atoms with Crippen molar-refractivity contribution in [1.29, 1.82) is 0 Å². The van der Waals surface area contributed by atoms with Crippen LogP contribution in [0, 0.1) is 11.6 Å². The highest BCUT2D eigenvalue weighted by molar-refractivity contribution is 6.30. The Morgan fingerprint density at radius 2 is 1.71 bits per heavy atom. The molecule has 0 fully saturated rings. The Morgan fingerprint density at radius 1 is 1.05 bits per heavy atom. The molecule has 0 aromatic heterocycles. The molecule has 0 saturated heterocycles. The van der Waals surface area contributed by atoms with Crippen LogP contribution in [-0.4, -0.2) is 18.2 Å². The molecule has 0 radical (unpaired) electrons. The number of carbonyl (C=O) groups is 2. The molecule has 0 aliphatic rings. The number of benzene rings is 2. The zero-order valence-corrected chi connectivity index (χ0v) is 11.5. The van der Waals surface area contributed by atoms with E-state index in [0.29, 0.717) is 16.7 Å². The van der Waals surface area contributed by atoms with E-state index in [1.54, 1.807) is 12.1 Å². The lowest BCUT2D eigenvalue weighted by Crippen LogP contribution is -2.30. The highest BCUT2D eigenvalue weighted by atomic mass is 35.5. The lowest BCUT2D eigenvalue weighted by Gasteiger charge is -2.06. The third kappa shape index (κ3) is 3.86. The number of Topliss-reactive ketones (excluding diaryl/α,β-unsaturated/α-hetero) is 1. The van der Waals surface area contributed by atoms with E-state index < -0.39 is 17.5 Å².